The maximum Gasteiger partial charge on any atom is 0.338 e. The molecule has 1 saturated heterocycles. The number of carbonyl (C=O) groups is 4. The molecule has 2 aromatic rings. The predicted octanol–water partition coefficient (Wildman–Crippen LogP) is 3.80. The van der Waals surface area contributed by atoms with Gasteiger partial charge in [0.25, 0.3) is 0 Å². The number of rotatable bonds is 5. The number of allylic oxidation sites excluding steroid dienone is 2. The van der Waals surface area contributed by atoms with Crippen molar-refractivity contribution in [2.75, 3.05) is 11.5 Å². The van der Waals surface area contributed by atoms with Crippen LogP contribution in [0.5, 0.6) is 0 Å². The highest BCUT2D eigenvalue weighted by molar-refractivity contribution is 9.10. The molecule has 0 N–H and O–H groups in total. The van der Waals surface area contributed by atoms with Crippen molar-refractivity contribution in [1.29, 1.82) is 0 Å². The number of ketones is 1. The minimum atomic E-state index is -0.643. The molecule has 1 aliphatic heterocycles. The van der Waals surface area contributed by atoms with E-state index in [0.29, 0.717) is 11.3 Å². The molecule has 1 heterocycles. The lowest BCUT2D eigenvalue weighted by Crippen LogP contribution is -2.32. The average molecular weight is 480 g/mol. The summed E-state index contributed by atoms with van der Waals surface area (Å²) in [7, 11) is 0. The van der Waals surface area contributed by atoms with Crippen molar-refractivity contribution in [1.82, 2.24) is 0 Å². The first-order chi connectivity index (χ1) is 14.9. The number of anilines is 1. The molecule has 0 unspecified atom stereocenters. The number of fused-ring (bicyclic) bond motifs is 5. The van der Waals surface area contributed by atoms with E-state index in [0.717, 1.165) is 10.9 Å². The molecular formula is C24H18BrNO5. The lowest BCUT2D eigenvalue weighted by Gasteiger charge is -2.17. The molecule has 2 bridgehead atoms. The fourth-order valence-corrected chi connectivity index (χ4v) is 5.10. The molecule has 3 aliphatic rings. The van der Waals surface area contributed by atoms with Crippen LogP contribution in [0.3, 0.4) is 0 Å². The molecule has 156 valence electrons. The Balaban J connectivity index is 1.24. The van der Waals surface area contributed by atoms with Gasteiger partial charge >= 0.3 is 5.97 Å². The molecule has 1 saturated carbocycles. The van der Waals surface area contributed by atoms with E-state index in [1.807, 2.05) is 0 Å². The molecule has 5 rings (SSSR count). The van der Waals surface area contributed by atoms with Gasteiger partial charge in [-0.25, -0.2) is 4.79 Å². The van der Waals surface area contributed by atoms with E-state index in [-0.39, 0.29) is 53.4 Å². The molecule has 6 nitrogen and oxygen atoms in total. The average Bonchev–Trinajstić information content (AvgIpc) is 3.46. The zero-order chi connectivity index (χ0) is 21.7. The van der Waals surface area contributed by atoms with Gasteiger partial charge < -0.3 is 4.74 Å². The zero-order valence-corrected chi connectivity index (χ0v) is 17.9. The van der Waals surface area contributed by atoms with Crippen molar-refractivity contribution < 1.29 is 23.9 Å². The van der Waals surface area contributed by atoms with Crippen molar-refractivity contribution in [2.24, 2.45) is 23.7 Å². The van der Waals surface area contributed by atoms with Gasteiger partial charge in [-0.2, -0.15) is 0 Å². The highest BCUT2D eigenvalue weighted by Gasteiger charge is 2.59. The summed E-state index contributed by atoms with van der Waals surface area (Å²) in [6.07, 6.45) is 4.98. The molecule has 2 aliphatic carbocycles. The maximum atomic E-state index is 12.9. The summed E-state index contributed by atoms with van der Waals surface area (Å²) in [6.45, 7) is -0.371. The second-order valence-electron chi connectivity index (χ2n) is 8.06. The van der Waals surface area contributed by atoms with Crippen LogP contribution in [0, 0.1) is 23.7 Å². The Labute approximate surface area is 187 Å². The number of ether oxygens (including phenoxy) is 1. The number of amides is 2. The Morgan fingerprint density at radius 1 is 0.871 bits per heavy atom. The van der Waals surface area contributed by atoms with Crippen molar-refractivity contribution in [2.45, 2.75) is 6.42 Å². The second kappa shape index (κ2) is 7.57. The maximum absolute atomic E-state index is 12.9. The Morgan fingerprint density at radius 3 is 2.00 bits per heavy atom. The first-order valence-corrected chi connectivity index (χ1v) is 10.9. The number of hydrogen-bond acceptors (Lipinski definition) is 5. The van der Waals surface area contributed by atoms with E-state index < -0.39 is 5.97 Å². The molecule has 31 heavy (non-hydrogen) atoms. The van der Waals surface area contributed by atoms with Gasteiger partial charge in [0.1, 0.15) is 0 Å². The standard InChI is InChI=1S/C24H18BrNO5/c25-17-7-3-13(4-8-17)19(27)12-31-24(30)14-5-9-18(10-6-14)26-22(28)20-15-1-2-16(11-15)21(20)23(26)29/h1-10,15-16,20-21H,11-12H2/t15-,16-,20-,21+/m1/s1. The van der Waals surface area contributed by atoms with E-state index in [4.69, 9.17) is 4.74 Å². The third-order valence-corrected chi connectivity index (χ3v) is 6.86. The van der Waals surface area contributed by atoms with Gasteiger partial charge in [0, 0.05) is 10.0 Å². The number of hydrogen-bond donors (Lipinski definition) is 0. The van der Waals surface area contributed by atoms with Gasteiger partial charge in [-0.15, -0.1) is 0 Å². The zero-order valence-electron chi connectivity index (χ0n) is 16.4. The van der Waals surface area contributed by atoms with Gasteiger partial charge in [0.05, 0.1) is 23.1 Å². The highest BCUT2D eigenvalue weighted by Crippen LogP contribution is 2.53. The van der Waals surface area contributed by atoms with Crippen molar-refractivity contribution in [3.05, 3.63) is 76.3 Å². The monoisotopic (exact) mass is 479 g/mol. The molecule has 0 radical (unpaired) electrons. The molecular weight excluding hydrogens is 462 g/mol. The summed E-state index contributed by atoms with van der Waals surface area (Å²) in [5, 5.41) is 0. The van der Waals surface area contributed by atoms with E-state index in [2.05, 4.69) is 28.1 Å². The van der Waals surface area contributed by atoms with E-state index in [1.165, 1.54) is 17.0 Å². The Morgan fingerprint density at radius 2 is 1.42 bits per heavy atom. The topological polar surface area (TPSA) is 80.8 Å². The van der Waals surface area contributed by atoms with Crippen molar-refractivity contribution >= 4 is 45.2 Å². The molecule has 4 atom stereocenters. The lowest BCUT2D eigenvalue weighted by molar-refractivity contribution is -0.123. The Hall–Kier alpha value is -3.06. The minimum Gasteiger partial charge on any atom is -0.454 e. The van der Waals surface area contributed by atoms with Crippen LogP contribution >= 0.6 is 15.9 Å². The fourth-order valence-electron chi connectivity index (χ4n) is 4.84. The summed E-state index contributed by atoms with van der Waals surface area (Å²) in [6, 6.07) is 12.9. The quantitative estimate of drug-likeness (QED) is 0.282. The van der Waals surface area contributed by atoms with Gasteiger partial charge in [0.15, 0.2) is 12.4 Å². The van der Waals surface area contributed by atoms with Crippen LogP contribution < -0.4 is 4.90 Å². The highest BCUT2D eigenvalue weighted by atomic mass is 79.9. The van der Waals surface area contributed by atoms with E-state index in [9.17, 15) is 19.2 Å². The lowest BCUT2D eigenvalue weighted by atomic mass is 9.85. The van der Waals surface area contributed by atoms with Gasteiger partial charge in [-0.1, -0.05) is 40.2 Å². The molecule has 2 aromatic carbocycles. The van der Waals surface area contributed by atoms with Gasteiger partial charge in [-0.05, 0) is 54.7 Å². The van der Waals surface area contributed by atoms with Crippen molar-refractivity contribution in [3.8, 4) is 0 Å². The first kappa shape index (κ1) is 19.9. The molecule has 2 fully saturated rings. The number of benzene rings is 2. The molecule has 0 aromatic heterocycles. The molecule has 0 spiro atoms. The second-order valence-corrected chi connectivity index (χ2v) is 8.98. The molecule has 7 heteroatoms. The number of nitrogens with zero attached hydrogens (tertiary/aromatic N) is 1. The number of carbonyl (C=O) groups excluding carboxylic acids is 4. The van der Waals surface area contributed by atoms with E-state index in [1.54, 1.807) is 36.4 Å². The minimum absolute atomic E-state index is 0.147. The van der Waals surface area contributed by atoms with Crippen LogP contribution in [0.2, 0.25) is 0 Å². The van der Waals surface area contributed by atoms with Crippen LogP contribution in [0.25, 0.3) is 0 Å². The summed E-state index contributed by atoms with van der Waals surface area (Å²) < 4.78 is 5.97. The normalized spacial score (nSPS) is 25.8. The Bertz CT molecular complexity index is 1090. The van der Waals surface area contributed by atoms with Gasteiger partial charge in [0.2, 0.25) is 11.8 Å². The van der Waals surface area contributed by atoms with Crippen LogP contribution in [0.4, 0.5) is 5.69 Å². The Kier molecular flexibility index (Phi) is 4.85. The van der Waals surface area contributed by atoms with E-state index >= 15 is 0 Å². The summed E-state index contributed by atoms with van der Waals surface area (Å²) in [5.41, 5.74) is 1.14. The fraction of sp³-hybridized carbons (Fsp3) is 0.250. The SMILES string of the molecule is O=C(COC(=O)c1ccc(N2C(=O)[C@@H]3[C@H](C2=O)[C@@H]2C=C[C@@H]3C2)cc1)c1ccc(Br)cc1. The first-order valence-electron chi connectivity index (χ1n) is 10.1. The van der Waals surface area contributed by atoms with Crippen LogP contribution in [0.15, 0.2) is 65.2 Å². The number of esters is 1. The smallest absolute Gasteiger partial charge is 0.338 e. The third-order valence-electron chi connectivity index (χ3n) is 6.33. The summed E-state index contributed by atoms with van der Waals surface area (Å²) in [5.74, 6) is -1.52. The third kappa shape index (κ3) is 3.33. The predicted molar refractivity (Wildman–Crippen MR) is 115 cm³/mol. The number of imide groups is 1. The molecule has 2 amide bonds. The number of halogens is 1. The van der Waals surface area contributed by atoms with Crippen LogP contribution in [0.1, 0.15) is 27.1 Å². The van der Waals surface area contributed by atoms with Crippen LogP contribution in [-0.4, -0.2) is 30.2 Å². The largest absolute Gasteiger partial charge is 0.454 e. The van der Waals surface area contributed by atoms with Gasteiger partial charge in [-0.3, -0.25) is 19.3 Å². The number of Topliss-reactive ketones (excluding diaryl/α,β-unsaturated/α-hetero) is 1. The van der Waals surface area contributed by atoms with Crippen LogP contribution in [-0.2, 0) is 14.3 Å². The van der Waals surface area contributed by atoms with Crippen molar-refractivity contribution in [3.63, 3.8) is 0 Å². The summed E-state index contributed by atoms with van der Waals surface area (Å²) >= 11 is 3.30. The summed E-state index contributed by atoms with van der Waals surface area (Å²) in [4.78, 5) is 51.5.